The Morgan fingerprint density at radius 2 is 2.19 bits per heavy atom. The number of aliphatic imine (C=N–C) groups is 1. The van der Waals surface area contributed by atoms with E-state index in [1.807, 2.05) is 0 Å². The molecule has 0 N–H and O–H groups in total. The van der Waals surface area contributed by atoms with Crippen LogP contribution in [-0.4, -0.2) is 39.4 Å². The van der Waals surface area contributed by atoms with Gasteiger partial charge < -0.3 is 4.74 Å². The molecule has 0 aromatic rings. The number of nitrogens with zero attached hydrogens (tertiary/aromatic N) is 2. The smallest absolute Gasteiger partial charge is 0.414 e. The van der Waals surface area contributed by atoms with Crippen LogP contribution in [0.15, 0.2) is 16.6 Å². The zero-order valence-corrected chi connectivity index (χ0v) is 10.7. The molecule has 0 saturated carbocycles. The first-order valence-electron chi connectivity index (χ1n) is 4.87. The normalized spacial score (nSPS) is 23.6. The van der Waals surface area contributed by atoms with Gasteiger partial charge in [0.2, 0.25) is 0 Å². The summed E-state index contributed by atoms with van der Waals surface area (Å²) in [5, 5.41) is 1.89. The summed E-state index contributed by atoms with van der Waals surface area (Å²) in [6.07, 6.45) is 1.01. The van der Waals surface area contributed by atoms with Gasteiger partial charge in [-0.15, -0.1) is 0 Å². The lowest BCUT2D eigenvalue weighted by Crippen LogP contribution is -2.39. The van der Waals surface area contributed by atoms with Gasteiger partial charge >= 0.3 is 6.09 Å². The summed E-state index contributed by atoms with van der Waals surface area (Å²) in [5.74, 6) is 0. The minimum Gasteiger partial charge on any atom is -0.443 e. The Morgan fingerprint density at radius 3 is 2.69 bits per heavy atom. The molecule has 0 bridgehead atoms. The lowest BCUT2D eigenvalue weighted by atomic mass is 10.2. The Hall–Kier alpha value is -1.17. The summed E-state index contributed by atoms with van der Waals surface area (Å²) < 4.78 is 16.6. The van der Waals surface area contributed by atoms with Gasteiger partial charge in [-0.1, -0.05) is 0 Å². The Labute approximate surface area is 97.6 Å². The monoisotopic (exact) mass is 244 g/mol. The Kier molecular flexibility index (Phi) is 3.85. The van der Waals surface area contributed by atoms with Gasteiger partial charge in [-0.25, -0.2) is 9.00 Å². The van der Waals surface area contributed by atoms with Gasteiger partial charge in [0.15, 0.2) is 0 Å². The van der Waals surface area contributed by atoms with E-state index in [-0.39, 0.29) is 6.54 Å². The Bertz CT molecular complexity index is 369. The molecule has 1 atom stereocenters. The third-order valence-corrected chi connectivity index (χ3v) is 2.92. The topological polar surface area (TPSA) is 59.0 Å². The van der Waals surface area contributed by atoms with Crippen molar-refractivity contribution >= 4 is 21.9 Å². The molecule has 90 valence electrons. The highest BCUT2D eigenvalue weighted by atomic mass is 32.2. The van der Waals surface area contributed by atoms with Crippen molar-refractivity contribution in [2.45, 2.75) is 26.4 Å². The van der Waals surface area contributed by atoms with E-state index < -0.39 is 22.5 Å². The first kappa shape index (κ1) is 12.9. The molecule has 0 spiro atoms. The number of carbonyl (C=O) groups excluding carboxylic acids is 1. The van der Waals surface area contributed by atoms with E-state index in [9.17, 15) is 9.00 Å². The standard InChI is InChI=1S/C10H16N2O3S/c1-10(2,3)15-9(13)12-5-6-16(14)8(7-12)11-4/h5-6H,7H2,1-4H3. The molecule has 0 aliphatic carbocycles. The molecule has 5 nitrogen and oxygen atoms in total. The molecule has 1 amide bonds. The second kappa shape index (κ2) is 4.78. The molecule has 1 rings (SSSR count). The first-order chi connectivity index (χ1) is 7.33. The van der Waals surface area contributed by atoms with Crippen molar-refractivity contribution in [1.29, 1.82) is 0 Å². The summed E-state index contributed by atoms with van der Waals surface area (Å²) in [7, 11) is 0.337. The SMILES string of the molecule is CN=C1CN(C(=O)OC(C)(C)C)C=CS1=O. The highest BCUT2D eigenvalue weighted by Crippen LogP contribution is 2.13. The molecule has 6 heteroatoms. The summed E-state index contributed by atoms with van der Waals surface area (Å²) in [6.45, 7) is 5.61. The predicted molar refractivity (Wildman–Crippen MR) is 63.6 cm³/mol. The maximum absolute atomic E-state index is 11.7. The van der Waals surface area contributed by atoms with Gasteiger partial charge in [0.1, 0.15) is 10.6 Å². The molecule has 0 saturated heterocycles. The average Bonchev–Trinajstić information content (AvgIpc) is 2.15. The van der Waals surface area contributed by atoms with E-state index in [1.165, 1.54) is 16.5 Å². The van der Waals surface area contributed by atoms with Crippen molar-refractivity contribution < 1.29 is 13.7 Å². The largest absolute Gasteiger partial charge is 0.443 e. The molecule has 0 aromatic carbocycles. The molecule has 0 radical (unpaired) electrons. The molecule has 0 aromatic heterocycles. The second-order valence-electron chi connectivity index (χ2n) is 4.31. The van der Waals surface area contributed by atoms with Gasteiger partial charge in [0.05, 0.1) is 17.3 Å². The van der Waals surface area contributed by atoms with Crippen molar-refractivity contribution in [3.8, 4) is 0 Å². The minimum atomic E-state index is -1.22. The van der Waals surface area contributed by atoms with Crippen LogP contribution < -0.4 is 0 Å². The first-order valence-corrected chi connectivity index (χ1v) is 6.09. The molecule has 0 fully saturated rings. The van der Waals surface area contributed by atoms with Gasteiger partial charge in [-0.2, -0.15) is 0 Å². The number of carbonyl (C=O) groups is 1. The molecular formula is C10H16N2O3S. The molecule has 1 unspecified atom stereocenters. The van der Waals surface area contributed by atoms with Crippen LogP contribution >= 0.6 is 0 Å². The second-order valence-corrected chi connectivity index (χ2v) is 5.65. The van der Waals surface area contributed by atoms with Crippen molar-refractivity contribution in [2.24, 2.45) is 4.99 Å². The maximum Gasteiger partial charge on any atom is 0.414 e. The van der Waals surface area contributed by atoms with Crippen LogP contribution in [0, 0.1) is 0 Å². The van der Waals surface area contributed by atoms with Crippen LogP contribution in [0.5, 0.6) is 0 Å². The highest BCUT2D eigenvalue weighted by Gasteiger charge is 2.25. The number of hydrogen-bond donors (Lipinski definition) is 0. The molecule has 1 aliphatic rings. The van der Waals surface area contributed by atoms with E-state index in [1.54, 1.807) is 27.8 Å². The Morgan fingerprint density at radius 1 is 1.56 bits per heavy atom. The number of rotatable bonds is 0. The van der Waals surface area contributed by atoms with Crippen LogP contribution in [0.2, 0.25) is 0 Å². The fourth-order valence-corrected chi connectivity index (χ4v) is 1.94. The van der Waals surface area contributed by atoms with Gasteiger partial charge in [-0.3, -0.25) is 9.89 Å². The lowest BCUT2D eigenvalue weighted by molar-refractivity contribution is 0.0357. The predicted octanol–water partition coefficient (Wildman–Crippen LogP) is 1.49. The van der Waals surface area contributed by atoms with Crippen LogP contribution in [-0.2, 0) is 15.5 Å². The van der Waals surface area contributed by atoms with Crippen molar-refractivity contribution in [2.75, 3.05) is 13.6 Å². The van der Waals surface area contributed by atoms with Crippen molar-refractivity contribution in [1.82, 2.24) is 4.90 Å². The van der Waals surface area contributed by atoms with Crippen molar-refractivity contribution in [3.05, 3.63) is 11.6 Å². The van der Waals surface area contributed by atoms with Gasteiger partial charge in [0.25, 0.3) is 0 Å². The van der Waals surface area contributed by atoms with Crippen LogP contribution in [0.4, 0.5) is 4.79 Å². The molecule has 1 heterocycles. The van der Waals surface area contributed by atoms with E-state index in [0.717, 1.165) is 0 Å². The lowest BCUT2D eigenvalue weighted by Gasteiger charge is -2.26. The van der Waals surface area contributed by atoms with Crippen molar-refractivity contribution in [3.63, 3.8) is 0 Å². The van der Waals surface area contributed by atoms with E-state index in [0.29, 0.717) is 5.04 Å². The summed E-state index contributed by atoms with van der Waals surface area (Å²) in [6, 6.07) is 0. The number of ether oxygens (including phenoxy) is 1. The number of amides is 1. The molecule has 1 aliphatic heterocycles. The van der Waals surface area contributed by atoms with E-state index in [2.05, 4.69) is 4.99 Å². The highest BCUT2D eigenvalue weighted by molar-refractivity contribution is 8.03. The third-order valence-electron chi connectivity index (χ3n) is 1.78. The van der Waals surface area contributed by atoms with Gasteiger partial charge in [-0.05, 0) is 20.8 Å². The van der Waals surface area contributed by atoms with Gasteiger partial charge in [0, 0.05) is 18.7 Å². The fourth-order valence-electron chi connectivity index (χ4n) is 1.08. The van der Waals surface area contributed by atoms with Crippen LogP contribution in [0.25, 0.3) is 0 Å². The summed E-state index contributed by atoms with van der Waals surface area (Å²) in [4.78, 5) is 16.9. The Balaban J connectivity index is 2.74. The zero-order chi connectivity index (χ0) is 12.3. The molecule has 16 heavy (non-hydrogen) atoms. The third kappa shape index (κ3) is 3.44. The minimum absolute atomic E-state index is 0.217. The fraction of sp³-hybridized carbons (Fsp3) is 0.600. The average molecular weight is 244 g/mol. The van der Waals surface area contributed by atoms with Crippen LogP contribution in [0.3, 0.4) is 0 Å². The summed E-state index contributed by atoms with van der Waals surface area (Å²) >= 11 is 0. The zero-order valence-electron chi connectivity index (χ0n) is 9.89. The van der Waals surface area contributed by atoms with E-state index in [4.69, 9.17) is 4.74 Å². The molecular weight excluding hydrogens is 228 g/mol. The quantitative estimate of drug-likeness (QED) is 0.648. The van der Waals surface area contributed by atoms with E-state index >= 15 is 0 Å². The number of hydrogen-bond acceptors (Lipinski definition) is 4. The maximum atomic E-state index is 11.7. The van der Waals surface area contributed by atoms with Crippen LogP contribution in [0.1, 0.15) is 20.8 Å². The summed E-state index contributed by atoms with van der Waals surface area (Å²) in [5.41, 5.74) is -0.537.